The van der Waals surface area contributed by atoms with E-state index in [0.717, 1.165) is 5.57 Å². The van der Waals surface area contributed by atoms with Gasteiger partial charge in [-0.15, -0.1) is 0 Å². The van der Waals surface area contributed by atoms with Crippen molar-refractivity contribution < 1.29 is 19.3 Å². The Bertz CT molecular complexity index is 761. The van der Waals surface area contributed by atoms with Gasteiger partial charge in [-0.1, -0.05) is 19.1 Å². The lowest BCUT2D eigenvalue weighted by Gasteiger charge is -2.45. The molecule has 23 heavy (non-hydrogen) atoms. The average Bonchev–Trinajstić information content (AvgIpc) is 2.58. The molecule has 2 aliphatic carbocycles. The number of aromatic hydroxyl groups is 1. The quantitative estimate of drug-likeness (QED) is 0.821. The number of nitrogens with zero attached hydrogens (tertiary/aromatic N) is 1. The van der Waals surface area contributed by atoms with Crippen LogP contribution in [0.1, 0.15) is 18.9 Å². The third kappa shape index (κ3) is 2.28. The monoisotopic (exact) mass is 315 g/mol. The molecule has 3 rings (SSSR count). The molecule has 0 saturated carbocycles. The van der Waals surface area contributed by atoms with Gasteiger partial charge in [-0.05, 0) is 36.3 Å². The highest BCUT2D eigenvalue weighted by Gasteiger charge is 2.51. The van der Waals surface area contributed by atoms with Crippen LogP contribution in [0.3, 0.4) is 0 Å². The van der Waals surface area contributed by atoms with Crippen molar-refractivity contribution in [2.75, 3.05) is 7.11 Å². The number of halogens is 1. The maximum atomic E-state index is 13.4. The summed E-state index contributed by atoms with van der Waals surface area (Å²) in [5.41, 5.74) is 0.557. The van der Waals surface area contributed by atoms with Crippen LogP contribution in [0.25, 0.3) is 0 Å². The Labute approximate surface area is 133 Å². The van der Waals surface area contributed by atoms with Crippen LogP contribution in [0.5, 0.6) is 5.75 Å². The number of hydrogen-bond donors (Lipinski definition) is 2. The first kappa shape index (κ1) is 15.5. The van der Waals surface area contributed by atoms with E-state index in [2.05, 4.69) is 4.99 Å². The summed E-state index contributed by atoms with van der Waals surface area (Å²) in [6.07, 6.45) is 7.47. The molecule has 0 aliphatic heterocycles. The van der Waals surface area contributed by atoms with Crippen molar-refractivity contribution in [1.29, 1.82) is 0 Å². The molecule has 2 bridgehead atoms. The predicted octanol–water partition coefficient (Wildman–Crippen LogP) is 2.87. The fraction of sp³-hybridized carbons (Fsp3) is 0.278. The third-order valence-electron chi connectivity index (χ3n) is 4.33. The smallest absolute Gasteiger partial charge is 0.165 e. The Morgan fingerprint density at radius 1 is 1.39 bits per heavy atom. The van der Waals surface area contributed by atoms with E-state index in [-0.39, 0.29) is 5.56 Å². The number of rotatable bonds is 5. The average molecular weight is 315 g/mol. The van der Waals surface area contributed by atoms with Crippen LogP contribution < -0.4 is 0 Å². The molecule has 5 heteroatoms. The maximum absolute atomic E-state index is 13.4. The van der Waals surface area contributed by atoms with Gasteiger partial charge in [0.25, 0.3) is 0 Å². The fourth-order valence-corrected chi connectivity index (χ4v) is 3.01. The summed E-state index contributed by atoms with van der Waals surface area (Å²) < 4.78 is 18.7. The van der Waals surface area contributed by atoms with E-state index in [4.69, 9.17) is 4.74 Å². The van der Waals surface area contributed by atoms with Gasteiger partial charge in [0.2, 0.25) is 0 Å². The van der Waals surface area contributed by atoms with Gasteiger partial charge in [-0.2, -0.15) is 0 Å². The standard InChI is InChI=1S/C18H18FNO3/c1-3-16(20-10-11-5-4-6-14(19)17(11)21)18(22)12-7-8-15(23-2)13(18)9-12/h4-10,16,21-22H,3H2,1-2H3. The number of ether oxygens (including phenoxy) is 1. The second kappa shape index (κ2) is 5.66. The van der Waals surface area contributed by atoms with Gasteiger partial charge >= 0.3 is 0 Å². The maximum Gasteiger partial charge on any atom is 0.165 e. The minimum Gasteiger partial charge on any atom is -0.504 e. The third-order valence-corrected chi connectivity index (χ3v) is 4.33. The molecule has 4 nitrogen and oxygen atoms in total. The van der Waals surface area contributed by atoms with Crippen LogP contribution in [-0.2, 0) is 4.74 Å². The second-order valence-corrected chi connectivity index (χ2v) is 5.56. The van der Waals surface area contributed by atoms with Crippen molar-refractivity contribution in [2.24, 2.45) is 4.99 Å². The van der Waals surface area contributed by atoms with Crippen molar-refractivity contribution in [3.63, 3.8) is 0 Å². The lowest BCUT2D eigenvalue weighted by atomic mass is 9.66. The van der Waals surface area contributed by atoms with Crippen molar-refractivity contribution >= 4 is 6.21 Å². The molecular weight excluding hydrogens is 297 g/mol. The van der Waals surface area contributed by atoms with E-state index in [1.807, 2.05) is 25.2 Å². The molecule has 2 unspecified atom stereocenters. The molecule has 120 valence electrons. The summed E-state index contributed by atoms with van der Waals surface area (Å²) in [6, 6.07) is 3.80. The Hall–Kier alpha value is -2.40. The van der Waals surface area contributed by atoms with Gasteiger partial charge in [0, 0.05) is 17.4 Å². The SMILES string of the molecule is CCC(N=Cc1cccc(F)c1O)C1(O)c2ccc(OC)c1c2. The van der Waals surface area contributed by atoms with Crippen molar-refractivity contribution in [3.8, 4) is 5.75 Å². The van der Waals surface area contributed by atoms with E-state index in [9.17, 15) is 14.6 Å². The molecule has 1 aromatic rings. The zero-order valence-corrected chi connectivity index (χ0v) is 13.0. The Morgan fingerprint density at radius 3 is 2.83 bits per heavy atom. The normalized spacial score (nSPS) is 23.7. The van der Waals surface area contributed by atoms with Crippen LogP contribution in [0.15, 0.2) is 58.3 Å². The van der Waals surface area contributed by atoms with Gasteiger partial charge in [0.05, 0.1) is 13.2 Å². The van der Waals surface area contributed by atoms with Crippen molar-refractivity contribution in [3.05, 3.63) is 64.7 Å². The highest BCUT2D eigenvalue weighted by molar-refractivity contribution is 5.83. The highest BCUT2D eigenvalue weighted by Crippen LogP contribution is 2.48. The Balaban J connectivity index is 1.89. The molecule has 0 saturated heterocycles. The summed E-state index contributed by atoms with van der Waals surface area (Å²) in [7, 11) is 1.55. The second-order valence-electron chi connectivity index (χ2n) is 5.56. The predicted molar refractivity (Wildman–Crippen MR) is 85.9 cm³/mol. The molecule has 2 atom stereocenters. The number of aliphatic imine (C=N–C) groups is 1. The molecular formula is C18H18FNO3. The summed E-state index contributed by atoms with van der Waals surface area (Å²) >= 11 is 0. The summed E-state index contributed by atoms with van der Waals surface area (Å²) in [4.78, 5) is 4.39. The zero-order valence-electron chi connectivity index (χ0n) is 13.0. The Morgan fingerprint density at radius 2 is 2.17 bits per heavy atom. The van der Waals surface area contributed by atoms with E-state index in [0.29, 0.717) is 17.8 Å². The van der Waals surface area contributed by atoms with Crippen LogP contribution in [-0.4, -0.2) is 35.2 Å². The minimum absolute atomic E-state index is 0.280. The summed E-state index contributed by atoms with van der Waals surface area (Å²) in [6.45, 7) is 1.91. The number of phenols is 1. The molecule has 0 heterocycles. The number of aliphatic hydroxyl groups is 1. The van der Waals surface area contributed by atoms with Crippen LogP contribution >= 0.6 is 0 Å². The first-order valence-corrected chi connectivity index (χ1v) is 7.44. The molecule has 0 fully saturated rings. The highest BCUT2D eigenvalue weighted by atomic mass is 19.1. The minimum atomic E-state index is -1.20. The molecule has 0 radical (unpaired) electrons. The number of hydrogen-bond acceptors (Lipinski definition) is 4. The number of para-hydroxylation sites is 1. The van der Waals surface area contributed by atoms with Gasteiger partial charge in [-0.3, -0.25) is 4.99 Å². The van der Waals surface area contributed by atoms with E-state index in [1.54, 1.807) is 13.2 Å². The van der Waals surface area contributed by atoms with Crippen LogP contribution in [0.4, 0.5) is 4.39 Å². The number of methoxy groups -OCH3 is 1. The van der Waals surface area contributed by atoms with Gasteiger partial charge < -0.3 is 14.9 Å². The first-order valence-electron chi connectivity index (χ1n) is 7.44. The molecule has 2 N–H and O–H groups in total. The van der Waals surface area contributed by atoms with E-state index in [1.165, 1.54) is 18.3 Å². The first-order chi connectivity index (χ1) is 11.0. The van der Waals surface area contributed by atoms with Gasteiger partial charge in [0.15, 0.2) is 11.6 Å². The summed E-state index contributed by atoms with van der Waals surface area (Å²) in [5.74, 6) is -0.524. The lowest BCUT2D eigenvalue weighted by Crippen LogP contribution is -2.51. The van der Waals surface area contributed by atoms with Gasteiger partial charge in [-0.25, -0.2) is 4.39 Å². The lowest BCUT2D eigenvalue weighted by molar-refractivity contribution is 0.0684. The van der Waals surface area contributed by atoms with Crippen molar-refractivity contribution in [2.45, 2.75) is 25.0 Å². The molecule has 0 amide bonds. The fourth-order valence-electron chi connectivity index (χ4n) is 3.01. The van der Waals surface area contributed by atoms with Crippen LogP contribution in [0.2, 0.25) is 0 Å². The number of fused-ring (bicyclic) bond motifs is 2. The topological polar surface area (TPSA) is 62.1 Å². The van der Waals surface area contributed by atoms with E-state index < -0.39 is 23.2 Å². The van der Waals surface area contributed by atoms with Crippen molar-refractivity contribution in [1.82, 2.24) is 0 Å². The molecule has 1 aromatic carbocycles. The largest absolute Gasteiger partial charge is 0.504 e. The number of benzene rings is 1. The molecule has 0 aromatic heterocycles. The molecule has 0 spiro atoms. The zero-order chi connectivity index (χ0) is 16.6. The van der Waals surface area contributed by atoms with E-state index >= 15 is 0 Å². The summed E-state index contributed by atoms with van der Waals surface area (Å²) in [5, 5.41) is 20.8. The van der Waals surface area contributed by atoms with Crippen LogP contribution in [0, 0.1) is 5.82 Å². The Kier molecular flexibility index (Phi) is 3.82. The number of allylic oxidation sites excluding steroid dienone is 2. The number of phenolic OH excluding ortho intramolecular Hbond substituents is 1. The van der Waals surface area contributed by atoms with Gasteiger partial charge in [0.1, 0.15) is 11.4 Å². The molecule has 2 aliphatic rings.